The second-order valence-electron chi connectivity index (χ2n) is 5.22. The van der Waals surface area contributed by atoms with Crippen LogP contribution < -0.4 is 11.3 Å². The predicted octanol–water partition coefficient (Wildman–Crippen LogP) is 1.52. The highest BCUT2D eigenvalue weighted by atomic mass is 79.9. The second kappa shape index (κ2) is 4.33. The third kappa shape index (κ3) is 1.82. The number of hydrogen-bond donors (Lipinski definition) is 2. The number of fused-ring (bicyclic) bond motifs is 1. The van der Waals surface area contributed by atoms with E-state index in [2.05, 4.69) is 31.7 Å². The molecule has 0 amide bonds. The van der Waals surface area contributed by atoms with Gasteiger partial charge >= 0.3 is 0 Å². The maximum Gasteiger partial charge on any atom is 0.153 e. The first-order chi connectivity index (χ1) is 8.24. The van der Waals surface area contributed by atoms with E-state index in [4.69, 9.17) is 5.84 Å². The van der Waals surface area contributed by atoms with Crippen molar-refractivity contribution in [1.82, 2.24) is 20.4 Å². The van der Waals surface area contributed by atoms with Gasteiger partial charge in [0.05, 0.1) is 11.7 Å². The average molecular weight is 300 g/mol. The summed E-state index contributed by atoms with van der Waals surface area (Å²) in [6.45, 7) is 0. The quantitative estimate of drug-likeness (QED) is 0.656. The van der Waals surface area contributed by atoms with Crippen LogP contribution in [0.1, 0.15) is 37.4 Å². The molecular weight excluding hydrogens is 282 g/mol. The largest absolute Gasteiger partial charge is 0.271 e. The first-order valence-corrected chi connectivity index (χ1v) is 7.04. The molecule has 17 heavy (non-hydrogen) atoms. The number of nitrogens with two attached hydrogens (primary N) is 1. The maximum absolute atomic E-state index is 5.76. The smallest absolute Gasteiger partial charge is 0.153 e. The molecule has 0 aromatic carbocycles. The van der Waals surface area contributed by atoms with E-state index in [1.165, 1.54) is 25.7 Å². The maximum atomic E-state index is 5.76. The summed E-state index contributed by atoms with van der Waals surface area (Å²) in [7, 11) is 1.92. The summed E-state index contributed by atoms with van der Waals surface area (Å²) in [4.78, 5) is 0. The van der Waals surface area contributed by atoms with E-state index in [0.29, 0.717) is 5.92 Å². The van der Waals surface area contributed by atoms with Gasteiger partial charge in [-0.25, -0.2) is 4.68 Å². The number of aryl methyl sites for hydroxylation is 1. The van der Waals surface area contributed by atoms with E-state index < -0.39 is 0 Å². The van der Waals surface area contributed by atoms with Crippen molar-refractivity contribution in [1.29, 1.82) is 0 Å². The molecule has 2 aliphatic rings. The average Bonchev–Trinajstić information content (AvgIpc) is 2.97. The molecule has 3 unspecified atom stereocenters. The Labute approximate surface area is 109 Å². The topological polar surface area (TPSA) is 68.8 Å². The van der Waals surface area contributed by atoms with Gasteiger partial charge in [0.25, 0.3) is 0 Å². The molecule has 0 saturated heterocycles. The zero-order valence-corrected chi connectivity index (χ0v) is 11.5. The number of halogens is 1. The molecule has 0 radical (unpaired) electrons. The van der Waals surface area contributed by atoms with Crippen LogP contribution in [0.4, 0.5) is 0 Å². The van der Waals surface area contributed by atoms with Gasteiger partial charge in [0, 0.05) is 7.05 Å². The van der Waals surface area contributed by atoms with Crippen molar-refractivity contribution in [2.24, 2.45) is 30.6 Å². The Morgan fingerprint density at radius 1 is 1.41 bits per heavy atom. The minimum atomic E-state index is 0.178. The molecule has 94 valence electrons. The minimum absolute atomic E-state index is 0.178. The minimum Gasteiger partial charge on any atom is -0.271 e. The fourth-order valence-electron chi connectivity index (χ4n) is 3.58. The van der Waals surface area contributed by atoms with Gasteiger partial charge in [-0.3, -0.25) is 11.3 Å². The van der Waals surface area contributed by atoms with Gasteiger partial charge in [0.1, 0.15) is 0 Å². The molecule has 3 atom stereocenters. The van der Waals surface area contributed by atoms with E-state index >= 15 is 0 Å². The molecule has 2 fully saturated rings. The van der Waals surface area contributed by atoms with E-state index in [0.717, 1.165) is 22.1 Å². The molecule has 0 aliphatic heterocycles. The lowest BCUT2D eigenvalue weighted by atomic mass is 10.0. The summed E-state index contributed by atoms with van der Waals surface area (Å²) in [6, 6.07) is 0.178. The summed E-state index contributed by atoms with van der Waals surface area (Å²) in [5, 5.41) is 8.08. The van der Waals surface area contributed by atoms with Crippen LogP contribution in [0.25, 0.3) is 0 Å². The van der Waals surface area contributed by atoms with Crippen LogP contribution >= 0.6 is 15.9 Å². The molecule has 1 heterocycles. The fraction of sp³-hybridized carbons (Fsp3) is 0.818. The van der Waals surface area contributed by atoms with Crippen LogP contribution in [0.2, 0.25) is 0 Å². The van der Waals surface area contributed by atoms with Crippen molar-refractivity contribution in [2.45, 2.75) is 31.7 Å². The van der Waals surface area contributed by atoms with E-state index in [9.17, 15) is 0 Å². The molecule has 0 spiro atoms. The van der Waals surface area contributed by atoms with Gasteiger partial charge in [-0.1, -0.05) is 18.1 Å². The highest BCUT2D eigenvalue weighted by Crippen LogP contribution is 2.60. The van der Waals surface area contributed by atoms with Gasteiger partial charge in [-0.05, 0) is 46.5 Å². The van der Waals surface area contributed by atoms with Crippen LogP contribution in [0.15, 0.2) is 4.60 Å². The van der Waals surface area contributed by atoms with Crippen LogP contribution in [0.5, 0.6) is 0 Å². The molecular formula is C11H18BrN5. The SMILES string of the molecule is Cn1nnc(Br)c1C(NN)C1C2CCCCC21. The predicted molar refractivity (Wildman–Crippen MR) is 67.7 cm³/mol. The summed E-state index contributed by atoms with van der Waals surface area (Å²) in [5.74, 6) is 8.13. The molecule has 6 heteroatoms. The number of hydrogen-bond acceptors (Lipinski definition) is 4. The number of aromatic nitrogens is 3. The van der Waals surface area contributed by atoms with E-state index in [1.807, 2.05) is 11.7 Å². The summed E-state index contributed by atoms with van der Waals surface area (Å²) < 4.78 is 2.63. The lowest BCUT2D eigenvalue weighted by Gasteiger charge is -2.16. The Kier molecular flexibility index (Phi) is 2.96. The zero-order chi connectivity index (χ0) is 12.0. The van der Waals surface area contributed by atoms with Gasteiger partial charge in [-0.15, -0.1) is 5.10 Å². The number of nitrogens with zero attached hydrogens (tertiary/aromatic N) is 3. The number of rotatable bonds is 3. The Hall–Kier alpha value is -0.460. The van der Waals surface area contributed by atoms with Crippen molar-refractivity contribution < 1.29 is 0 Å². The third-order valence-electron chi connectivity index (χ3n) is 4.41. The van der Waals surface area contributed by atoms with Crippen LogP contribution in [0, 0.1) is 17.8 Å². The first kappa shape index (κ1) is 11.6. The number of nitrogens with one attached hydrogen (secondary N) is 1. The lowest BCUT2D eigenvalue weighted by Crippen LogP contribution is -2.32. The third-order valence-corrected chi connectivity index (χ3v) is 4.97. The molecule has 1 aromatic rings. The van der Waals surface area contributed by atoms with Crippen molar-refractivity contribution >= 4 is 15.9 Å². The van der Waals surface area contributed by atoms with Crippen molar-refractivity contribution in [3.8, 4) is 0 Å². The van der Waals surface area contributed by atoms with Gasteiger partial charge < -0.3 is 0 Å². The standard InChI is InChI=1S/C11H18BrN5/c1-17-10(11(12)15-16-17)9(14-13)8-6-4-2-3-5-7(6)8/h6-9,14H,2-5,13H2,1H3. The van der Waals surface area contributed by atoms with Crippen molar-refractivity contribution in [2.75, 3.05) is 0 Å². The van der Waals surface area contributed by atoms with Crippen LogP contribution in [-0.4, -0.2) is 15.0 Å². The normalized spacial score (nSPS) is 33.2. The Morgan fingerprint density at radius 2 is 2.06 bits per heavy atom. The zero-order valence-electron chi connectivity index (χ0n) is 9.93. The van der Waals surface area contributed by atoms with Crippen molar-refractivity contribution in [3.05, 3.63) is 10.3 Å². The summed E-state index contributed by atoms with van der Waals surface area (Å²) in [6.07, 6.45) is 5.46. The fourth-order valence-corrected chi connectivity index (χ4v) is 4.16. The van der Waals surface area contributed by atoms with Gasteiger partial charge in [0.2, 0.25) is 0 Å². The Morgan fingerprint density at radius 3 is 2.53 bits per heavy atom. The molecule has 3 rings (SSSR count). The summed E-state index contributed by atoms with van der Waals surface area (Å²) in [5.41, 5.74) is 4.05. The van der Waals surface area contributed by atoms with Crippen molar-refractivity contribution in [3.63, 3.8) is 0 Å². The molecule has 0 bridgehead atoms. The first-order valence-electron chi connectivity index (χ1n) is 6.25. The highest BCUT2D eigenvalue weighted by molar-refractivity contribution is 9.10. The van der Waals surface area contributed by atoms with E-state index in [-0.39, 0.29) is 6.04 Å². The Balaban J connectivity index is 1.85. The van der Waals surface area contributed by atoms with Crippen LogP contribution in [-0.2, 0) is 7.05 Å². The molecule has 3 N–H and O–H groups in total. The Bertz CT molecular complexity index is 386. The van der Waals surface area contributed by atoms with Gasteiger partial charge in [0.15, 0.2) is 4.60 Å². The number of hydrazine groups is 1. The molecule has 1 aromatic heterocycles. The highest BCUT2D eigenvalue weighted by Gasteiger charge is 2.55. The van der Waals surface area contributed by atoms with E-state index in [1.54, 1.807) is 0 Å². The molecule has 2 saturated carbocycles. The second-order valence-corrected chi connectivity index (χ2v) is 5.97. The molecule has 5 nitrogen and oxygen atoms in total. The monoisotopic (exact) mass is 299 g/mol. The summed E-state index contributed by atoms with van der Waals surface area (Å²) >= 11 is 3.46. The molecule has 2 aliphatic carbocycles. The lowest BCUT2D eigenvalue weighted by molar-refractivity contribution is 0.427. The van der Waals surface area contributed by atoms with Crippen LogP contribution in [0.3, 0.4) is 0 Å². The van der Waals surface area contributed by atoms with Gasteiger partial charge in [-0.2, -0.15) is 0 Å².